The largest absolute Gasteiger partial charge is 0.292 e. The van der Waals surface area contributed by atoms with Gasteiger partial charge in [0.1, 0.15) is 12.4 Å². The average Bonchev–Trinajstić information content (AvgIpc) is 3.26. The lowest BCUT2D eigenvalue weighted by atomic mass is 10.1. The van der Waals surface area contributed by atoms with Crippen LogP contribution in [-0.4, -0.2) is 39.1 Å². The molecule has 0 bridgehead atoms. The van der Waals surface area contributed by atoms with Gasteiger partial charge in [-0.15, -0.1) is 11.3 Å². The summed E-state index contributed by atoms with van der Waals surface area (Å²) in [6, 6.07) is 5.32. The third kappa shape index (κ3) is 4.10. The first-order chi connectivity index (χ1) is 13.5. The zero-order valence-electron chi connectivity index (χ0n) is 14.3. The summed E-state index contributed by atoms with van der Waals surface area (Å²) in [6.07, 6.45) is 5.65. The summed E-state index contributed by atoms with van der Waals surface area (Å²) in [5.74, 6) is -1.88. The van der Waals surface area contributed by atoms with Crippen molar-refractivity contribution in [2.75, 3.05) is 4.90 Å². The molecular formula is C18H13ClFN5O2S. The molecule has 0 saturated heterocycles. The molecule has 2 aromatic heterocycles. The van der Waals surface area contributed by atoms with Gasteiger partial charge in [0.05, 0.1) is 10.4 Å². The van der Waals surface area contributed by atoms with E-state index in [2.05, 4.69) is 26.7 Å². The molecular weight excluding hydrogens is 405 g/mol. The number of hydrogen-bond acceptors (Lipinski definition) is 6. The van der Waals surface area contributed by atoms with Crippen LogP contribution < -0.4 is 4.90 Å². The third-order valence-electron chi connectivity index (χ3n) is 3.83. The number of amides is 2. The number of rotatable bonds is 6. The van der Waals surface area contributed by atoms with E-state index in [9.17, 15) is 14.0 Å². The second-order valence-corrected chi connectivity index (χ2v) is 6.76. The number of alkyl halides is 2. The molecule has 3 aromatic rings. The third-order valence-corrected chi connectivity index (χ3v) is 4.84. The summed E-state index contributed by atoms with van der Waals surface area (Å²) in [5, 5.41) is 0. The highest BCUT2D eigenvalue weighted by Gasteiger charge is 2.35. The Morgan fingerprint density at radius 2 is 1.82 bits per heavy atom. The molecule has 1 aromatic carbocycles. The lowest BCUT2D eigenvalue weighted by molar-refractivity contribution is -0.125. The number of aliphatic imine (C=N–C) groups is 1. The second-order valence-electron chi connectivity index (χ2n) is 5.49. The van der Waals surface area contributed by atoms with E-state index in [0.29, 0.717) is 0 Å². The quantitative estimate of drug-likeness (QED) is 0.453. The minimum atomic E-state index is -2.36. The van der Waals surface area contributed by atoms with Crippen LogP contribution in [0.3, 0.4) is 0 Å². The van der Waals surface area contributed by atoms with Crippen molar-refractivity contribution < 1.29 is 14.0 Å². The molecule has 0 aliphatic carbocycles. The van der Waals surface area contributed by atoms with E-state index in [1.165, 1.54) is 30.1 Å². The fourth-order valence-electron chi connectivity index (χ4n) is 2.59. The van der Waals surface area contributed by atoms with E-state index in [1.807, 2.05) is 0 Å². The van der Waals surface area contributed by atoms with Gasteiger partial charge in [-0.1, -0.05) is 23.7 Å². The number of hydrogen-bond donors (Lipinski definition) is 0. The Morgan fingerprint density at radius 1 is 1.14 bits per heavy atom. The number of benzene rings is 1. The summed E-state index contributed by atoms with van der Waals surface area (Å²) in [6.45, 7) is 3.22. The summed E-state index contributed by atoms with van der Waals surface area (Å²) in [4.78, 5) is 42.0. The Morgan fingerprint density at radius 3 is 2.36 bits per heavy atom. The first kappa shape index (κ1) is 19.7. The number of anilines is 1. The minimum Gasteiger partial charge on any atom is -0.292 e. The Bertz CT molecular complexity index is 967. The molecule has 3 rings (SSSR count). The van der Waals surface area contributed by atoms with E-state index in [-0.39, 0.29) is 11.3 Å². The number of aromatic nitrogens is 3. The number of carbonyl (C=O) groups excluding carboxylic acids is 2. The van der Waals surface area contributed by atoms with Crippen LogP contribution in [-0.2, 0) is 9.59 Å². The van der Waals surface area contributed by atoms with E-state index >= 15 is 0 Å². The molecule has 7 nitrogen and oxygen atoms in total. The molecule has 0 fully saturated rings. The van der Waals surface area contributed by atoms with Crippen LogP contribution >= 0.6 is 22.9 Å². The van der Waals surface area contributed by atoms with Gasteiger partial charge >= 0.3 is 0 Å². The number of carbonyl (C=O) groups is 2. The van der Waals surface area contributed by atoms with E-state index in [0.717, 1.165) is 15.3 Å². The van der Waals surface area contributed by atoms with Crippen molar-refractivity contribution in [1.82, 2.24) is 15.0 Å². The Hall–Kier alpha value is -3.04. The van der Waals surface area contributed by atoms with Gasteiger partial charge < -0.3 is 0 Å². The van der Waals surface area contributed by atoms with Crippen molar-refractivity contribution in [3.8, 4) is 10.4 Å². The van der Waals surface area contributed by atoms with Crippen molar-refractivity contribution in [3.05, 3.63) is 60.3 Å². The minimum absolute atomic E-state index is 0.247. The van der Waals surface area contributed by atoms with Crippen LogP contribution in [0.2, 0.25) is 0 Å². The van der Waals surface area contributed by atoms with Gasteiger partial charge in [0, 0.05) is 29.8 Å². The summed E-state index contributed by atoms with van der Waals surface area (Å²) in [5.41, 5.74) is 0.699. The monoisotopic (exact) mass is 417 g/mol. The van der Waals surface area contributed by atoms with Crippen LogP contribution in [0.15, 0.2) is 59.7 Å². The van der Waals surface area contributed by atoms with Crippen LogP contribution in [0.4, 0.5) is 10.1 Å². The Kier molecular flexibility index (Phi) is 6.17. The number of nitrogens with zero attached hydrogens (tertiary/aromatic N) is 5. The highest BCUT2D eigenvalue weighted by Crippen LogP contribution is 2.32. The molecule has 0 aliphatic rings. The van der Waals surface area contributed by atoms with Crippen molar-refractivity contribution in [2.45, 2.75) is 11.7 Å². The van der Waals surface area contributed by atoms with Crippen LogP contribution in [0.5, 0.6) is 0 Å². The van der Waals surface area contributed by atoms with Gasteiger partial charge in [0.25, 0.3) is 17.4 Å². The van der Waals surface area contributed by atoms with Crippen molar-refractivity contribution >= 4 is 47.2 Å². The Labute approximate surface area is 168 Å². The summed E-state index contributed by atoms with van der Waals surface area (Å²) >= 11 is 6.86. The topological polar surface area (TPSA) is 88.4 Å². The van der Waals surface area contributed by atoms with Crippen LogP contribution in [0.25, 0.3) is 10.4 Å². The Balaban J connectivity index is 2.08. The fourth-order valence-corrected chi connectivity index (χ4v) is 3.33. The lowest BCUT2D eigenvalue weighted by Crippen LogP contribution is -2.41. The molecule has 10 heteroatoms. The van der Waals surface area contributed by atoms with E-state index in [1.54, 1.807) is 36.0 Å². The maximum atomic E-state index is 13.8. The fraction of sp³-hybridized carbons (Fsp3) is 0.111. The highest BCUT2D eigenvalue weighted by molar-refractivity contribution is 7.13. The normalized spacial score (nSPS) is 12.8. The van der Waals surface area contributed by atoms with Gasteiger partial charge in [-0.05, 0) is 24.4 Å². The molecule has 0 spiro atoms. The molecule has 0 radical (unpaired) electrons. The van der Waals surface area contributed by atoms with E-state index < -0.39 is 23.5 Å². The predicted octanol–water partition coefficient (Wildman–Crippen LogP) is 3.44. The van der Waals surface area contributed by atoms with E-state index in [4.69, 9.17) is 11.6 Å². The SMILES string of the molecule is C=NC(=O)[C@@H](c1cncnc1)N(C(=O)[C@H](F)Cl)c1ccc(-c2cncs2)cc1. The smallest absolute Gasteiger partial charge is 0.278 e. The number of halogens is 2. The van der Waals surface area contributed by atoms with Gasteiger partial charge in [0.15, 0.2) is 0 Å². The second kappa shape index (κ2) is 8.77. The zero-order valence-corrected chi connectivity index (χ0v) is 15.8. The molecule has 2 heterocycles. The molecule has 142 valence electrons. The molecule has 28 heavy (non-hydrogen) atoms. The van der Waals surface area contributed by atoms with Crippen molar-refractivity contribution in [2.24, 2.45) is 4.99 Å². The van der Waals surface area contributed by atoms with Crippen molar-refractivity contribution in [3.63, 3.8) is 0 Å². The van der Waals surface area contributed by atoms with Crippen LogP contribution in [0.1, 0.15) is 11.6 Å². The number of thiazole rings is 1. The van der Waals surface area contributed by atoms with Gasteiger partial charge in [-0.25, -0.2) is 19.4 Å². The molecule has 2 atom stereocenters. The first-order valence-electron chi connectivity index (χ1n) is 7.88. The molecule has 0 unspecified atom stereocenters. The maximum absolute atomic E-state index is 13.8. The summed E-state index contributed by atoms with van der Waals surface area (Å²) < 4.78 is 13.8. The molecule has 2 amide bonds. The van der Waals surface area contributed by atoms with Gasteiger partial charge in [-0.3, -0.25) is 19.5 Å². The zero-order chi connectivity index (χ0) is 20.1. The van der Waals surface area contributed by atoms with Crippen LogP contribution in [0, 0.1) is 0 Å². The van der Waals surface area contributed by atoms with Gasteiger partial charge in [-0.2, -0.15) is 0 Å². The average molecular weight is 418 g/mol. The van der Waals surface area contributed by atoms with Crippen molar-refractivity contribution in [1.29, 1.82) is 0 Å². The highest BCUT2D eigenvalue weighted by atomic mass is 35.5. The maximum Gasteiger partial charge on any atom is 0.278 e. The molecule has 0 saturated carbocycles. The summed E-state index contributed by atoms with van der Waals surface area (Å²) in [7, 11) is 0. The first-order valence-corrected chi connectivity index (χ1v) is 9.20. The lowest BCUT2D eigenvalue weighted by Gasteiger charge is -2.29. The standard InChI is InChI=1S/C18H13ClFN5O2S/c1-21-17(26)15(12-6-22-9-23-7-12)25(18(27)16(19)20)13-4-2-11(3-5-13)14-8-24-10-28-14/h2-10,15-16H,1H2/t15-,16+/m1/s1. The molecule has 0 N–H and O–H groups in total. The molecule has 0 aliphatic heterocycles. The predicted molar refractivity (Wildman–Crippen MR) is 105 cm³/mol. The van der Waals surface area contributed by atoms with Gasteiger partial charge in [0.2, 0.25) is 0 Å².